The van der Waals surface area contributed by atoms with Gasteiger partial charge in [0.25, 0.3) is 0 Å². The summed E-state index contributed by atoms with van der Waals surface area (Å²) < 4.78 is 37.1. The second-order valence-corrected chi connectivity index (χ2v) is 16.8. The van der Waals surface area contributed by atoms with Crippen LogP contribution >= 0.6 is 12.6 Å². The number of cyclic esters (lactones) is 1. The van der Waals surface area contributed by atoms with E-state index in [1.807, 2.05) is 25.9 Å². The highest BCUT2D eigenvalue weighted by Crippen LogP contribution is 2.40. The van der Waals surface area contributed by atoms with Gasteiger partial charge in [0, 0.05) is 37.3 Å². The van der Waals surface area contributed by atoms with E-state index in [1.165, 1.54) is 33.3 Å². The number of nitrogens with zero attached hydrogens (tertiary/aromatic N) is 2. The fourth-order valence-electron chi connectivity index (χ4n) is 8.41. The van der Waals surface area contributed by atoms with Crippen LogP contribution < -0.4 is 0 Å². The molecule has 0 aromatic heterocycles. The first-order chi connectivity index (χ1) is 24.8. The highest BCUT2D eigenvalue weighted by molar-refractivity contribution is 7.85. The Labute approximate surface area is 343 Å². The van der Waals surface area contributed by atoms with E-state index >= 15 is 0 Å². The Balaban J connectivity index is 0. The molecule has 18 atom stereocenters. The standard InChI is InChI=1S/C37H67NO13.CHNS.3H2O/c1-14-25-37(10,45)30(41)20(4)27(39)18(2)16-35(8,44)32(51-34-28(40)24(38(11)12)15-19(3)47-34)21(5)29(22(6)33(43)49-25)50-26-17-36(9,46-13)31(42)23(7)48-26;2-1-3;;;/h18-26,28-32,34,40-42,44-45H,14-17H2,1-13H3;3H;3*1H2/t18-,19-,20+,21-,22-,23+,24+,25-,26+,28-,29+,30-,31+,32-,34+,35-,36-,37-;;;;/m1..../s1. The van der Waals surface area contributed by atoms with Gasteiger partial charge in [-0.1, -0.05) is 40.3 Å². The summed E-state index contributed by atoms with van der Waals surface area (Å²) in [5.74, 6) is -4.98. The maximum Gasteiger partial charge on any atom is 0.311 e. The largest absolute Gasteiger partial charge is 0.459 e. The number of aliphatic hydroxyl groups excluding tert-OH is 3. The molecule has 19 heteroatoms. The van der Waals surface area contributed by atoms with E-state index in [0.717, 1.165) is 0 Å². The van der Waals surface area contributed by atoms with Crippen LogP contribution in [0.25, 0.3) is 0 Å². The predicted molar refractivity (Wildman–Crippen MR) is 212 cm³/mol. The Morgan fingerprint density at radius 3 is 1.95 bits per heavy atom. The third-order valence-corrected chi connectivity index (χ3v) is 11.8. The molecule has 0 bridgehead atoms. The average Bonchev–Trinajstić information content (AvgIpc) is 3.09. The number of Topliss-reactive ketones (excluding diaryl/α,β-unsaturated/α-hetero) is 1. The van der Waals surface area contributed by atoms with Gasteiger partial charge in [0.2, 0.25) is 0 Å². The minimum Gasteiger partial charge on any atom is -0.459 e. The molecule has 0 aromatic carbocycles. The number of thiol groups is 1. The second kappa shape index (κ2) is 23.4. The van der Waals surface area contributed by atoms with E-state index in [4.69, 9.17) is 33.7 Å². The number of carbonyl (C=O) groups is 2. The molecule has 0 saturated carbocycles. The van der Waals surface area contributed by atoms with E-state index in [9.17, 15) is 35.1 Å². The lowest BCUT2D eigenvalue weighted by Gasteiger charge is -2.49. The zero-order valence-corrected chi connectivity index (χ0v) is 36.7. The molecular formula is C38H74N2O16S. The third-order valence-electron chi connectivity index (χ3n) is 11.8. The number of aliphatic hydroxyl groups is 5. The fourth-order valence-corrected chi connectivity index (χ4v) is 8.41. The van der Waals surface area contributed by atoms with Crippen LogP contribution in [0.5, 0.6) is 0 Å². The summed E-state index contributed by atoms with van der Waals surface area (Å²) in [7, 11) is 5.18. The van der Waals surface area contributed by atoms with Crippen molar-refractivity contribution in [3.05, 3.63) is 0 Å². The molecule has 0 amide bonds. The van der Waals surface area contributed by atoms with Crippen molar-refractivity contribution in [2.24, 2.45) is 23.7 Å². The number of hydrogen-bond acceptors (Lipinski definition) is 16. The van der Waals surface area contributed by atoms with E-state index in [2.05, 4.69) is 12.6 Å². The van der Waals surface area contributed by atoms with Gasteiger partial charge >= 0.3 is 5.97 Å². The van der Waals surface area contributed by atoms with Crippen molar-refractivity contribution in [3.8, 4) is 5.40 Å². The summed E-state index contributed by atoms with van der Waals surface area (Å²) in [5.41, 5.74) is -4.84. The van der Waals surface area contributed by atoms with Crippen LogP contribution in [-0.2, 0) is 38.0 Å². The van der Waals surface area contributed by atoms with Crippen LogP contribution in [0.3, 0.4) is 0 Å². The normalized spacial score (nSPS) is 44.6. The first-order valence-electron chi connectivity index (χ1n) is 18.9. The van der Waals surface area contributed by atoms with Crippen LogP contribution in [0.1, 0.15) is 94.9 Å². The SMILES string of the molecule is CC[C@H]1OC(=O)[C@H](C)[C@@H](O[C@H]2C[C@@](C)(OC)[C@@H](O)[C@H](C)O2)[C@@H](C)[C@@H](O[C@@H]2O[C@H](C)C[C@H](N(C)C)[C@H]2O)[C@](C)(O)C[C@@H](C)C(=O)[C@H](C)[C@@H](O)[C@]1(C)O.N#CS.O.O.O. The number of nitriles is 1. The second-order valence-electron chi connectivity index (χ2n) is 16.6. The number of rotatable bonds is 7. The summed E-state index contributed by atoms with van der Waals surface area (Å²) in [6.07, 6.45) is -9.71. The maximum absolute atomic E-state index is 14.1. The van der Waals surface area contributed by atoms with Gasteiger partial charge in [-0.25, -0.2) is 0 Å². The average molecular weight is 847 g/mol. The number of hydrogen-bond donors (Lipinski definition) is 6. The Bertz CT molecular complexity index is 1270. The summed E-state index contributed by atoms with van der Waals surface area (Å²) >= 11 is 3.09. The first-order valence-corrected chi connectivity index (χ1v) is 19.4. The zero-order chi connectivity index (χ0) is 41.7. The molecule has 57 heavy (non-hydrogen) atoms. The van der Waals surface area contributed by atoms with Crippen LogP contribution in [0.4, 0.5) is 0 Å². The van der Waals surface area contributed by atoms with E-state index in [1.54, 1.807) is 41.5 Å². The smallest absolute Gasteiger partial charge is 0.311 e. The molecule has 3 rings (SSSR count). The first kappa shape index (κ1) is 57.5. The van der Waals surface area contributed by atoms with Crippen LogP contribution in [0, 0.1) is 34.3 Å². The molecule has 3 saturated heterocycles. The minimum absolute atomic E-state index is 0. The molecule has 3 fully saturated rings. The summed E-state index contributed by atoms with van der Waals surface area (Å²) in [4.78, 5) is 29.8. The number of carbonyl (C=O) groups excluding carboxylic acids is 2. The Morgan fingerprint density at radius 2 is 1.46 bits per heavy atom. The lowest BCUT2D eigenvalue weighted by Crippen LogP contribution is -2.61. The molecule has 0 aromatic rings. The van der Waals surface area contributed by atoms with Crippen molar-refractivity contribution in [1.29, 1.82) is 5.26 Å². The topological polar surface area (TPSA) is 312 Å². The lowest BCUT2D eigenvalue weighted by molar-refractivity contribution is -0.318. The van der Waals surface area contributed by atoms with Crippen molar-refractivity contribution in [1.82, 2.24) is 4.90 Å². The van der Waals surface area contributed by atoms with Crippen LogP contribution in [0.2, 0.25) is 0 Å². The Hall–Kier alpha value is -1.58. The van der Waals surface area contributed by atoms with Gasteiger partial charge in [0.1, 0.15) is 35.1 Å². The van der Waals surface area contributed by atoms with E-state index in [0.29, 0.717) is 6.42 Å². The highest BCUT2D eigenvalue weighted by atomic mass is 32.1. The number of likely N-dealkylation sites (N-methyl/N-ethyl adjacent to an activating group) is 1. The molecule has 338 valence electrons. The molecule has 11 N–H and O–H groups in total. The van der Waals surface area contributed by atoms with Gasteiger partial charge in [-0.05, 0) is 74.9 Å². The number of ketones is 1. The maximum atomic E-state index is 14.1. The van der Waals surface area contributed by atoms with Crippen molar-refractivity contribution in [2.45, 2.75) is 179 Å². The van der Waals surface area contributed by atoms with Crippen LogP contribution in [-0.4, -0.2) is 164 Å². The summed E-state index contributed by atoms with van der Waals surface area (Å²) in [6, 6.07) is -0.324. The third kappa shape index (κ3) is 13.5. The minimum atomic E-state index is -1.99. The Kier molecular flexibility index (Phi) is 23.6. The summed E-state index contributed by atoms with van der Waals surface area (Å²) in [6.45, 7) is 16.3. The lowest BCUT2D eigenvalue weighted by atomic mass is 9.74. The van der Waals surface area contributed by atoms with Gasteiger partial charge in [0.15, 0.2) is 12.6 Å². The molecule has 0 spiro atoms. The van der Waals surface area contributed by atoms with E-state index in [-0.39, 0.29) is 47.8 Å². The van der Waals surface area contributed by atoms with Crippen LogP contribution in [0.15, 0.2) is 0 Å². The number of ether oxygens (including phenoxy) is 6. The van der Waals surface area contributed by atoms with Gasteiger partial charge < -0.3 is 75.3 Å². The number of methoxy groups -OCH3 is 1. The zero-order valence-electron chi connectivity index (χ0n) is 35.8. The predicted octanol–water partition coefficient (Wildman–Crippen LogP) is -0.291. The van der Waals surface area contributed by atoms with Gasteiger partial charge in [0.05, 0.1) is 47.6 Å². The van der Waals surface area contributed by atoms with Crippen molar-refractivity contribution >= 4 is 24.4 Å². The molecule has 3 heterocycles. The highest BCUT2D eigenvalue weighted by Gasteiger charge is 2.53. The van der Waals surface area contributed by atoms with Gasteiger partial charge in [-0.2, -0.15) is 5.26 Å². The molecule has 3 aliphatic heterocycles. The molecule has 18 nitrogen and oxygen atoms in total. The van der Waals surface area contributed by atoms with Crippen molar-refractivity contribution in [2.75, 3.05) is 21.2 Å². The Morgan fingerprint density at radius 1 is 0.912 bits per heavy atom. The molecular weight excluding hydrogens is 772 g/mol. The van der Waals surface area contributed by atoms with Crippen molar-refractivity contribution < 1.29 is 80.0 Å². The molecule has 0 aliphatic carbocycles. The van der Waals surface area contributed by atoms with Gasteiger partial charge in [-0.15, -0.1) is 0 Å². The number of esters is 1. The van der Waals surface area contributed by atoms with Gasteiger partial charge in [-0.3, -0.25) is 9.59 Å². The quantitative estimate of drug-likeness (QED) is 0.109. The molecule has 0 radical (unpaired) electrons. The fraction of sp³-hybridized carbons (Fsp3) is 0.921. The van der Waals surface area contributed by atoms with E-state index < -0.39 is 108 Å². The molecule has 0 unspecified atom stereocenters. The van der Waals surface area contributed by atoms with Crippen molar-refractivity contribution in [3.63, 3.8) is 0 Å². The summed E-state index contributed by atoms with van der Waals surface area (Å²) in [5, 5.41) is 66.2. The number of thiocyanates is 1. The monoisotopic (exact) mass is 846 g/mol. The molecule has 3 aliphatic rings.